The van der Waals surface area contributed by atoms with Crippen molar-refractivity contribution in [3.63, 3.8) is 0 Å². The first-order chi connectivity index (χ1) is 13.6. The van der Waals surface area contributed by atoms with Crippen LogP contribution in [0.1, 0.15) is 52.1 Å². The molecule has 0 bridgehead atoms. The van der Waals surface area contributed by atoms with Gasteiger partial charge in [-0.25, -0.2) is 9.78 Å². The number of hydrogen-bond donors (Lipinski definition) is 2. The minimum absolute atomic E-state index is 0.128. The van der Waals surface area contributed by atoms with E-state index in [0.717, 1.165) is 50.2 Å². The van der Waals surface area contributed by atoms with Crippen molar-refractivity contribution in [3.8, 4) is 0 Å². The molecule has 150 valence electrons. The number of H-pyrrole nitrogens is 1. The molecule has 1 atom stereocenters. The number of carbonyl (C=O) groups excluding carboxylic acids is 1. The molecule has 10 nitrogen and oxygen atoms in total. The van der Waals surface area contributed by atoms with Crippen molar-refractivity contribution in [2.45, 2.75) is 45.2 Å². The standard InChI is InChI=1S/C18H25N7O3/c1-2-5-25-14-4-3-12(10-13(14)15(22-25)18(27)28)23-6-8-24(9-7-23)17(26)16-19-11-20-21-16/h11-12H,2-10H2,1H3,(H,27,28)(H,19,20,21)/t12-/m0/s1. The molecule has 0 spiro atoms. The van der Waals surface area contributed by atoms with Gasteiger partial charge >= 0.3 is 5.97 Å². The van der Waals surface area contributed by atoms with Crippen LogP contribution in [-0.4, -0.2) is 84.0 Å². The van der Waals surface area contributed by atoms with E-state index < -0.39 is 5.97 Å². The van der Waals surface area contributed by atoms with Crippen molar-refractivity contribution in [1.29, 1.82) is 0 Å². The normalized spacial score (nSPS) is 20.2. The molecular formula is C18H25N7O3. The molecule has 1 fully saturated rings. The molecule has 1 aliphatic heterocycles. The van der Waals surface area contributed by atoms with E-state index in [1.807, 2.05) is 4.68 Å². The highest BCUT2D eigenvalue weighted by molar-refractivity contribution is 5.90. The minimum Gasteiger partial charge on any atom is -0.476 e. The summed E-state index contributed by atoms with van der Waals surface area (Å²) in [5.74, 6) is -0.809. The van der Waals surface area contributed by atoms with Gasteiger partial charge in [0.25, 0.3) is 5.91 Å². The number of fused-ring (bicyclic) bond motifs is 1. The van der Waals surface area contributed by atoms with Crippen molar-refractivity contribution in [3.05, 3.63) is 29.1 Å². The first-order valence-electron chi connectivity index (χ1n) is 9.79. The number of carboxylic acids is 1. The number of hydrogen-bond acceptors (Lipinski definition) is 6. The maximum atomic E-state index is 12.4. The number of carbonyl (C=O) groups is 2. The molecule has 1 saturated heterocycles. The molecule has 0 aromatic carbocycles. The number of aryl methyl sites for hydroxylation is 1. The fourth-order valence-electron chi connectivity index (χ4n) is 4.30. The highest BCUT2D eigenvalue weighted by Gasteiger charge is 2.33. The number of carboxylic acid groups (broad SMARTS) is 1. The lowest BCUT2D eigenvalue weighted by Gasteiger charge is -2.40. The second kappa shape index (κ2) is 7.70. The molecule has 2 aromatic rings. The monoisotopic (exact) mass is 387 g/mol. The molecule has 3 heterocycles. The van der Waals surface area contributed by atoms with E-state index in [2.05, 4.69) is 32.1 Å². The van der Waals surface area contributed by atoms with Crippen LogP contribution in [0.25, 0.3) is 0 Å². The third kappa shape index (κ3) is 3.39. The Morgan fingerprint density at radius 3 is 2.71 bits per heavy atom. The van der Waals surface area contributed by atoms with E-state index in [1.54, 1.807) is 4.90 Å². The van der Waals surface area contributed by atoms with E-state index >= 15 is 0 Å². The van der Waals surface area contributed by atoms with Crippen LogP contribution in [0.4, 0.5) is 0 Å². The van der Waals surface area contributed by atoms with Crippen LogP contribution < -0.4 is 0 Å². The lowest BCUT2D eigenvalue weighted by atomic mass is 9.90. The molecule has 28 heavy (non-hydrogen) atoms. The summed E-state index contributed by atoms with van der Waals surface area (Å²) in [7, 11) is 0. The summed E-state index contributed by atoms with van der Waals surface area (Å²) in [4.78, 5) is 32.1. The fourth-order valence-corrected chi connectivity index (χ4v) is 4.30. The smallest absolute Gasteiger partial charge is 0.356 e. The zero-order valence-electron chi connectivity index (χ0n) is 16.0. The van der Waals surface area contributed by atoms with Crippen LogP contribution in [0.5, 0.6) is 0 Å². The van der Waals surface area contributed by atoms with Crippen LogP contribution in [0.15, 0.2) is 6.33 Å². The van der Waals surface area contributed by atoms with E-state index in [9.17, 15) is 14.7 Å². The fraction of sp³-hybridized carbons (Fsp3) is 0.611. The van der Waals surface area contributed by atoms with Gasteiger partial charge in [0.2, 0.25) is 5.82 Å². The summed E-state index contributed by atoms with van der Waals surface area (Å²) in [6.45, 7) is 5.62. The van der Waals surface area contributed by atoms with E-state index in [0.29, 0.717) is 19.5 Å². The predicted octanol–water partition coefficient (Wildman–Crippen LogP) is 0.425. The Labute approximate surface area is 162 Å². The number of aromatic amines is 1. The number of nitrogens with one attached hydrogen (secondary N) is 1. The average Bonchev–Trinajstić information content (AvgIpc) is 3.36. The largest absolute Gasteiger partial charge is 0.476 e. The first-order valence-corrected chi connectivity index (χ1v) is 9.79. The third-order valence-corrected chi connectivity index (χ3v) is 5.69. The van der Waals surface area contributed by atoms with Gasteiger partial charge in [0.15, 0.2) is 5.69 Å². The average molecular weight is 387 g/mol. The summed E-state index contributed by atoms with van der Waals surface area (Å²) < 4.78 is 1.88. The van der Waals surface area contributed by atoms with Crippen LogP contribution in [0.3, 0.4) is 0 Å². The molecule has 0 saturated carbocycles. The van der Waals surface area contributed by atoms with Gasteiger partial charge in [0.1, 0.15) is 6.33 Å². The Morgan fingerprint density at radius 1 is 1.29 bits per heavy atom. The van der Waals surface area contributed by atoms with Gasteiger partial charge in [-0.3, -0.25) is 19.5 Å². The molecular weight excluding hydrogens is 362 g/mol. The van der Waals surface area contributed by atoms with Crippen LogP contribution in [0, 0.1) is 0 Å². The molecule has 10 heteroatoms. The third-order valence-electron chi connectivity index (χ3n) is 5.69. The Hall–Kier alpha value is -2.75. The van der Waals surface area contributed by atoms with Crippen molar-refractivity contribution in [2.75, 3.05) is 26.2 Å². The van der Waals surface area contributed by atoms with Crippen LogP contribution in [-0.2, 0) is 19.4 Å². The predicted molar refractivity (Wildman–Crippen MR) is 99.1 cm³/mol. The quantitative estimate of drug-likeness (QED) is 0.763. The highest BCUT2D eigenvalue weighted by Crippen LogP contribution is 2.28. The van der Waals surface area contributed by atoms with Gasteiger partial charge in [-0.2, -0.15) is 10.2 Å². The van der Waals surface area contributed by atoms with Crippen molar-refractivity contribution in [2.24, 2.45) is 0 Å². The zero-order chi connectivity index (χ0) is 19.7. The molecule has 1 aliphatic carbocycles. The van der Waals surface area contributed by atoms with Crippen molar-refractivity contribution in [1.82, 2.24) is 34.8 Å². The second-order valence-corrected chi connectivity index (χ2v) is 7.36. The van der Waals surface area contributed by atoms with Crippen molar-refractivity contribution < 1.29 is 14.7 Å². The molecule has 1 amide bonds. The molecule has 2 N–H and O–H groups in total. The molecule has 0 radical (unpaired) electrons. The molecule has 2 aliphatic rings. The number of rotatable bonds is 5. The van der Waals surface area contributed by atoms with Gasteiger partial charge in [0.05, 0.1) is 0 Å². The minimum atomic E-state index is -0.950. The maximum absolute atomic E-state index is 12.4. The summed E-state index contributed by atoms with van der Waals surface area (Å²) in [6, 6.07) is 0.285. The Morgan fingerprint density at radius 2 is 2.07 bits per heavy atom. The summed E-state index contributed by atoms with van der Waals surface area (Å²) in [6.07, 6.45) is 4.80. The van der Waals surface area contributed by atoms with E-state index in [1.165, 1.54) is 6.33 Å². The summed E-state index contributed by atoms with van der Waals surface area (Å²) in [5.41, 5.74) is 2.17. The van der Waals surface area contributed by atoms with Gasteiger partial charge in [-0.15, -0.1) is 0 Å². The number of aromatic carboxylic acids is 1. The molecule has 0 unspecified atom stereocenters. The van der Waals surface area contributed by atoms with E-state index in [4.69, 9.17) is 0 Å². The lowest BCUT2D eigenvalue weighted by molar-refractivity contribution is 0.0539. The van der Waals surface area contributed by atoms with Gasteiger partial charge < -0.3 is 10.0 Å². The Kier molecular flexibility index (Phi) is 5.12. The molecule has 4 rings (SSSR count). The summed E-state index contributed by atoms with van der Waals surface area (Å²) in [5, 5.41) is 20.3. The summed E-state index contributed by atoms with van der Waals surface area (Å²) >= 11 is 0. The number of nitrogens with zero attached hydrogens (tertiary/aromatic N) is 6. The SMILES string of the molecule is CCCn1nc(C(=O)O)c2c1CC[C@H](N1CCN(C(=O)c3ncn[nH]3)CC1)C2. The Balaban J connectivity index is 1.43. The highest BCUT2D eigenvalue weighted by atomic mass is 16.4. The van der Waals surface area contributed by atoms with Gasteiger partial charge in [-0.05, 0) is 25.7 Å². The Bertz CT molecular complexity index is 853. The first kappa shape index (κ1) is 18.6. The van der Waals surface area contributed by atoms with E-state index in [-0.39, 0.29) is 23.5 Å². The number of amides is 1. The lowest BCUT2D eigenvalue weighted by Crippen LogP contribution is -2.53. The van der Waals surface area contributed by atoms with Crippen molar-refractivity contribution >= 4 is 11.9 Å². The number of aromatic nitrogens is 5. The molecule has 2 aromatic heterocycles. The van der Waals surface area contributed by atoms with Gasteiger partial charge in [-0.1, -0.05) is 6.92 Å². The van der Waals surface area contributed by atoms with Crippen LogP contribution in [0.2, 0.25) is 0 Å². The maximum Gasteiger partial charge on any atom is 0.356 e. The van der Waals surface area contributed by atoms with Crippen LogP contribution >= 0.6 is 0 Å². The second-order valence-electron chi connectivity index (χ2n) is 7.36. The number of piperazine rings is 1. The topological polar surface area (TPSA) is 120 Å². The zero-order valence-corrected chi connectivity index (χ0v) is 16.0. The van der Waals surface area contributed by atoms with Gasteiger partial charge in [0, 0.05) is 50.0 Å².